The van der Waals surface area contributed by atoms with Crippen LogP contribution in [-0.2, 0) is 9.53 Å². The van der Waals surface area contributed by atoms with Gasteiger partial charge in [-0.25, -0.2) is 4.84 Å². The molecule has 0 rings (SSSR count). The molecule has 0 amide bonds. The monoisotopic (exact) mass is 165 g/mol. The van der Waals surface area contributed by atoms with Gasteiger partial charge in [-0.15, -0.1) is 0 Å². The lowest BCUT2D eigenvalue weighted by atomic mass is 10.2. The Bertz CT molecular complexity index is 119. The molecule has 60 valence electrons. The van der Waals surface area contributed by atoms with Gasteiger partial charge in [-0.05, 0) is 32.5 Å². The molecular formula is C6H12ClNO2. The Morgan fingerprint density at radius 1 is 1.60 bits per heavy atom. The van der Waals surface area contributed by atoms with Crippen molar-refractivity contribution in [3.05, 3.63) is 0 Å². The van der Waals surface area contributed by atoms with E-state index >= 15 is 0 Å². The highest BCUT2D eigenvalue weighted by Gasteiger charge is 2.14. The third kappa shape index (κ3) is 5.85. The summed E-state index contributed by atoms with van der Waals surface area (Å²) < 4.78 is 4.89. The molecule has 1 N–H and O–H groups in total. The van der Waals surface area contributed by atoms with Crippen molar-refractivity contribution in [3.8, 4) is 0 Å². The van der Waals surface area contributed by atoms with E-state index in [-0.39, 0.29) is 12.5 Å². The van der Waals surface area contributed by atoms with Gasteiger partial charge in [0, 0.05) is 0 Å². The second-order valence-electron chi connectivity index (χ2n) is 2.90. The maximum Gasteiger partial charge on any atom is 0.321 e. The molecule has 0 bridgehead atoms. The summed E-state index contributed by atoms with van der Waals surface area (Å²) in [6, 6.07) is 0. The first-order valence-electron chi connectivity index (χ1n) is 3.01. The Morgan fingerprint density at radius 3 is 2.40 bits per heavy atom. The van der Waals surface area contributed by atoms with E-state index in [9.17, 15) is 4.79 Å². The van der Waals surface area contributed by atoms with Gasteiger partial charge >= 0.3 is 5.97 Å². The molecule has 3 nitrogen and oxygen atoms in total. The van der Waals surface area contributed by atoms with Gasteiger partial charge in [0.15, 0.2) is 0 Å². The van der Waals surface area contributed by atoms with Crippen LogP contribution >= 0.6 is 11.8 Å². The lowest BCUT2D eigenvalue weighted by molar-refractivity contribution is -0.153. The molecule has 0 spiro atoms. The fraction of sp³-hybridized carbons (Fsp3) is 0.833. The second kappa shape index (κ2) is 3.78. The predicted octanol–water partition coefficient (Wildman–Crippen LogP) is 1.07. The van der Waals surface area contributed by atoms with Crippen LogP contribution in [0.2, 0.25) is 0 Å². The molecule has 0 atom stereocenters. The second-order valence-corrected chi connectivity index (χ2v) is 3.16. The molecule has 0 aliphatic carbocycles. The van der Waals surface area contributed by atoms with Crippen LogP contribution < -0.4 is 4.84 Å². The fourth-order valence-corrected chi connectivity index (χ4v) is 0.541. The van der Waals surface area contributed by atoms with E-state index in [0.29, 0.717) is 0 Å². The summed E-state index contributed by atoms with van der Waals surface area (Å²) in [7, 11) is 0. The molecule has 0 saturated heterocycles. The Labute approximate surface area is 65.8 Å². The van der Waals surface area contributed by atoms with Crippen molar-refractivity contribution in [2.24, 2.45) is 0 Å². The number of ether oxygens (including phenoxy) is 1. The molecule has 0 heterocycles. The smallest absolute Gasteiger partial charge is 0.321 e. The first kappa shape index (κ1) is 9.72. The van der Waals surface area contributed by atoms with E-state index < -0.39 is 5.60 Å². The standard InChI is InChI=1S/C6H12ClNO2/c1-6(2,3)10-5(9)4-8-7/h8H,4H2,1-3H3. The van der Waals surface area contributed by atoms with Crippen LogP contribution in [0.3, 0.4) is 0 Å². The highest BCUT2D eigenvalue weighted by molar-refractivity contribution is 6.14. The summed E-state index contributed by atoms with van der Waals surface area (Å²) in [4.78, 5) is 12.9. The molecule has 0 fully saturated rings. The molecule has 0 aliphatic heterocycles. The van der Waals surface area contributed by atoms with Crippen LogP contribution in [0, 0.1) is 0 Å². The third-order valence-electron chi connectivity index (χ3n) is 0.631. The summed E-state index contributed by atoms with van der Waals surface area (Å²) in [5.41, 5.74) is -0.426. The Hall–Kier alpha value is -0.280. The average molecular weight is 166 g/mol. The number of carbonyl (C=O) groups is 1. The van der Waals surface area contributed by atoms with Gasteiger partial charge in [0.1, 0.15) is 12.1 Å². The highest BCUT2D eigenvalue weighted by atomic mass is 35.5. The average Bonchev–Trinajstić information content (AvgIpc) is 1.59. The van der Waals surface area contributed by atoms with E-state index in [1.807, 2.05) is 0 Å². The highest BCUT2D eigenvalue weighted by Crippen LogP contribution is 2.05. The molecule has 4 heteroatoms. The number of hydrogen-bond donors (Lipinski definition) is 1. The largest absolute Gasteiger partial charge is 0.459 e. The number of hydrogen-bond acceptors (Lipinski definition) is 3. The van der Waals surface area contributed by atoms with Crippen LogP contribution in [0.5, 0.6) is 0 Å². The summed E-state index contributed by atoms with van der Waals surface area (Å²) >= 11 is 5.07. The molecule has 0 saturated carbocycles. The van der Waals surface area contributed by atoms with E-state index in [4.69, 9.17) is 16.5 Å². The van der Waals surface area contributed by atoms with Gasteiger partial charge < -0.3 is 4.74 Å². The van der Waals surface area contributed by atoms with Crippen molar-refractivity contribution in [1.82, 2.24) is 4.84 Å². The molecule has 10 heavy (non-hydrogen) atoms. The molecule has 0 radical (unpaired) electrons. The van der Waals surface area contributed by atoms with Gasteiger partial charge in [-0.1, -0.05) is 0 Å². The number of rotatable bonds is 2. The Kier molecular flexibility index (Phi) is 3.68. The Morgan fingerprint density at radius 2 is 2.10 bits per heavy atom. The zero-order valence-corrected chi connectivity index (χ0v) is 7.16. The van der Waals surface area contributed by atoms with Gasteiger partial charge in [-0.2, -0.15) is 0 Å². The maximum absolute atomic E-state index is 10.7. The van der Waals surface area contributed by atoms with Crippen LogP contribution in [0.4, 0.5) is 0 Å². The predicted molar refractivity (Wildman–Crippen MR) is 39.7 cm³/mol. The fourth-order valence-electron chi connectivity index (χ4n) is 0.432. The van der Waals surface area contributed by atoms with Crippen LogP contribution in [0.25, 0.3) is 0 Å². The number of esters is 1. The normalized spacial score (nSPS) is 11.2. The molecule has 0 aliphatic rings. The van der Waals surface area contributed by atoms with E-state index in [1.54, 1.807) is 20.8 Å². The van der Waals surface area contributed by atoms with E-state index in [0.717, 1.165) is 0 Å². The van der Waals surface area contributed by atoms with Crippen LogP contribution in [0.1, 0.15) is 20.8 Å². The third-order valence-corrected chi connectivity index (χ3v) is 0.765. The summed E-state index contributed by atoms with van der Waals surface area (Å²) in [5, 5.41) is 0. The van der Waals surface area contributed by atoms with Crippen LogP contribution in [-0.4, -0.2) is 18.1 Å². The molecule has 0 aromatic carbocycles. The van der Waals surface area contributed by atoms with Crippen molar-refractivity contribution < 1.29 is 9.53 Å². The quantitative estimate of drug-likeness (QED) is 0.492. The maximum atomic E-state index is 10.7. The minimum Gasteiger partial charge on any atom is -0.459 e. The van der Waals surface area contributed by atoms with E-state index in [1.165, 1.54) is 0 Å². The molecule has 0 aromatic rings. The van der Waals surface area contributed by atoms with Crippen molar-refractivity contribution in [2.45, 2.75) is 26.4 Å². The van der Waals surface area contributed by atoms with Gasteiger partial charge in [0.05, 0.1) is 0 Å². The summed E-state index contributed by atoms with van der Waals surface area (Å²) in [6.07, 6.45) is 0. The summed E-state index contributed by atoms with van der Waals surface area (Å²) in [6.45, 7) is 5.45. The van der Waals surface area contributed by atoms with Crippen molar-refractivity contribution in [2.75, 3.05) is 6.54 Å². The molecule has 0 unspecified atom stereocenters. The lowest BCUT2D eigenvalue weighted by Gasteiger charge is -2.18. The zero-order chi connectivity index (χ0) is 8.20. The first-order chi connectivity index (χ1) is 4.45. The zero-order valence-electron chi connectivity index (χ0n) is 6.40. The topological polar surface area (TPSA) is 38.3 Å². The van der Waals surface area contributed by atoms with Gasteiger partial charge in [0.25, 0.3) is 0 Å². The van der Waals surface area contributed by atoms with E-state index in [2.05, 4.69) is 4.84 Å². The Balaban J connectivity index is 3.58. The van der Waals surface area contributed by atoms with Crippen molar-refractivity contribution in [1.29, 1.82) is 0 Å². The minimum absolute atomic E-state index is 0.0405. The number of nitrogens with one attached hydrogen (secondary N) is 1. The number of carbonyl (C=O) groups excluding carboxylic acids is 1. The van der Waals surface area contributed by atoms with Crippen molar-refractivity contribution >= 4 is 17.7 Å². The summed E-state index contributed by atoms with van der Waals surface area (Å²) in [5.74, 6) is -0.345. The minimum atomic E-state index is -0.426. The molecular weight excluding hydrogens is 154 g/mol. The lowest BCUT2D eigenvalue weighted by Crippen LogP contribution is -2.28. The van der Waals surface area contributed by atoms with Gasteiger partial charge in [-0.3, -0.25) is 4.79 Å². The first-order valence-corrected chi connectivity index (χ1v) is 3.39. The SMILES string of the molecule is CC(C)(C)OC(=O)CNCl. The van der Waals surface area contributed by atoms with Gasteiger partial charge in [0.2, 0.25) is 0 Å². The molecule has 0 aromatic heterocycles. The van der Waals surface area contributed by atoms with Crippen molar-refractivity contribution in [3.63, 3.8) is 0 Å². The van der Waals surface area contributed by atoms with Crippen LogP contribution in [0.15, 0.2) is 0 Å². The number of halogens is 1.